The number of rotatable bonds is 4. The van der Waals surface area contributed by atoms with Crippen LogP contribution in [0.15, 0.2) is 66.9 Å². The summed E-state index contributed by atoms with van der Waals surface area (Å²) in [6.07, 6.45) is 1.75. The van der Waals surface area contributed by atoms with Crippen LogP contribution in [0.3, 0.4) is 0 Å². The van der Waals surface area contributed by atoms with Gasteiger partial charge in [-0.15, -0.1) is 0 Å². The Kier molecular flexibility index (Phi) is 5.21. The summed E-state index contributed by atoms with van der Waals surface area (Å²) in [5.41, 5.74) is 10.6. The van der Waals surface area contributed by atoms with Crippen LogP contribution in [0.5, 0.6) is 0 Å². The molecule has 0 unspecified atom stereocenters. The summed E-state index contributed by atoms with van der Waals surface area (Å²) in [6.45, 7) is 3.80. The van der Waals surface area contributed by atoms with Crippen molar-refractivity contribution in [3.8, 4) is 11.1 Å². The standard InChI is InChI=1S/C22H23N5O/c23-19-8-6-17(16-4-2-1-3-5-16)14-21(19)26-22(28)20-9-7-18(15-25-20)27-12-10-24-11-13-27/h1-9,14-15,24H,10-13,23H2,(H,26,28). The fourth-order valence-electron chi connectivity index (χ4n) is 3.29. The molecule has 0 aliphatic carbocycles. The number of benzene rings is 2. The lowest BCUT2D eigenvalue weighted by atomic mass is 10.0. The minimum atomic E-state index is -0.274. The second kappa shape index (κ2) is 8.10. The number of nitrogen functional groups attached to an aromatic ring is 1. The molecule has 6 nitrogen and oxygen atoms in total. The molecule has 0 atom stereocenters. The first-order valence-corrected chi connectivity index (χ1v) is 9.39. The summed E-state index contributed by atoms with van der Waals surface area (Å²) >= 11 is 0. The summed E-state index contributed by atoms with van der Waals surface area (Å²) in [5.74, 6) is -0.274. The van der Waals surface area contributed by atoms with Crippen LogP contribution < -0.4 is 21.3 Å². The molecule has 4 N–H and O–H groups in total. The minimum Gasteiger partial charge on any atom is -0.397 e. The number of nitrogens with one attached hydrogen (secondary N) is 2. The molecular formula is C22H23N5O. The molecule has 1 amide bonds. The van der Waals surface area contributed by atoms with Gasteiger partial charge in [-0.05, 0) is 35.4 Å². The molecule has 1 saturated heterocycles. The van der Waals surface area contributed by atoms with Gasteiger partial charge in [-0.25, -0.2) is 4.98 Å². The van der Waals surface area contributed by atoms with Crippen molar-refractivity contribution in [2.24, 2.45) is 0 Å². The number of nitrogens with two attached hydrogens (primary N) is 1. The van der Waals surface area contributed by atoms with Crippen LogP contribution in [0.4, 0.5) is 17.1 Å². The molecule has 142 valence electrons. The van der Waals surface area contributed by atoms with Gasteiger partial charge < -0.3 is 21.3 Å². The van der Waals surface area contributed by atoms with Crippen LogP contribution in [-0.4, -0.2) is 37.1 Å². The van der Waals surface area contributed by atoms with Gasteiger partial charge in [0.05, 0.1) is 23.3 Å². The number of amides is 1. The van der Waals surface area contributed by atoms with Gasteiger partial charge >= 0.3 is 0 Å². The topological polar surface area (TPSA) is 83.3 Å². The summed E-state index contributed by atoms with van der Waals surface area (Å²) in [7, 11) is 0. The van der Waals surface area contributed by atoms with Gasteiger partial charge in [0.2, 0.25) is 0 Å². The molecule has 1 aliphatic heterocycles. The van der Waals surface area contributed by atoms with Crippen molar-refractivity contribution >= 4 is 23.0 Å². The maximum atomic E-state index is 12.6. The predicted octanol–water partition coefficient (Wildman–Crippen LogP) is 2.99. The van der Waals surface area contributed by atoms with Gasteiger partial charge in [0.1, 0.15) is 5.69 Å². The van der Waals surface area contributed by atoms with Crippen molar-refractivity contribution in [2.45, 2.75) is 0 Å². The van der Waals surface area contributed by atoms with E-state index in [-0.39, 0.29) is 5.91 Å². The largest absolute Gasteiger partial charge is 0.397 e. The van der Waals surface area contributed by atoms with E-state index in [1.807, 2.05) is 48.5 Å². The monoisotopic (exact) mass is 373 g/mol. The highest BCUT2D eigenvalue weighted by atomic mass is 16.1. The number of hydrogen-bond acceptors (Lipinski definition) is 5. The smallest absolute Gasteiger partial charge is 0.274 e. The third kappa shape index (κ3) is 3.97. The Hall–Kier alpha value is -3.38. The molecule has 0 spiro atoms. The number of anilines is 3. The van der Waals surface area contributed by atoms with Gasteiger partial charge in [-0.2, -0.15) is 0 Å². The van der Waals surface area contributed by atoms with E-state index in [1.54, 1.807) is 18.3 Å². The summed E-state index contributed by atoms with van der Waals surface area (Å²) in [5, 5.41) is 6.21. The highest BCUT2D eigenvalue weighted by Crippen LogP contribution is 2.27. The Morgan fingerprint density at radius 2 is 1.79 bits per heavy atom. The molecule has 2 heterocycles. The quantitative estimate of drug-likeness (QED) is 0.613. The van der Waals surface area contributed by atoms with Crippen LogP contribution in [0.2, 0.25) is 0 Å². The van der Waals surface area contributed by atoms with Crippen LogP contribution in [0.1, 0.15) is 10.5 Å². The van der Waals surface area contributed by atoms with Gasteiger partial charge in [0, 0.05) is 26.2 Å². The zero-order valence-electron chi connectivity index (χ0n) is 15.6. The Morgan fingerprint density at radius 1 is 1.00 bits per heavy atom. The van der Waals surface area contributed by atoms with Crippen LogP contribution in [0, 0.1) is 0 Å². The molecule has 0 bridgehead atoms. The maximum absolute atomic E-state index is 12.6. The summed E-state index contributed by atoms with van der Waals surface area (Å²) < 4.78 is 0. The van der Waals surface area contributed by atoms with Crippen molar-refractivity contribution in [2.75, 3.05) is 42.1 Å². The van der Waals surface area contributed by atoms with Crippen LogP contribution >= 0.6 is 0 Å². The number of carbonyl (C=O) groups excluding carboxylic acids is 1. The molecule has 0 radical (unpaired) electrons. The molecule has 3 aromatic rings. The van der Waals surface area contributed by atoms with Gasteiger partial charge in [-0.3, -0.25) is 4.79 Å². The maximum Gasteiger partial charge on any atom is 0.274 e. The first-order chi connectivity index (χ1) is 13.7. The van der Waals surface area contributed by atoms with E-state index in [4.69, 9.17) is 5.73 Å². The highest BCUT2D eigenvalue weighted by Gasteiger charge is 2.14. The molecule has 2 aromatic carbocycles. The number of aromatic nitrogens is 1. The number of pyridine rings is 1. The minimum absolute atomic E-state index is 0.274. The average molecular weight is 373 g/mol. The Labute approximate surface area is 164 Å². The molecule has 6 heteroatoms. The Morgan fingerprint density at radius 3 is 2.50 bits per heavy atom. The van der Waals surface area contributed by atoms with Crippen molar-refractivity contribution < 1.29 is 4.79 Å². The third-order valence-corrected chi connectivity index (χ3v) is 4.87. The molecule has 0 saturated carbocycles. The number of piperazine rings is 1. The van der Waals surface area contributed by atoms with E-state index >= 15 is 0 Å². The lowest BCUT2D eigenvalue weighted by Gasteiger charge is -2.29. The second-order valence-corrected chi connectivity index (χ2v) is 6.76. The van der Waals surface area contributed by atoms with Gasteiger partial charge in [-0.1, -0.05) is 36.4 Å². The van der Waals surface area contributed by atoms with Crippen molar-refractivity contribution in [1.29, 1.82) is 0 Å². The van der Waals surface area contributed by atoms with E-state index in [0.29, 0.717) is 17.1 Å². The van der Waals surface area contributed by atoms with Crippen molar-refractivity contribution in [3.63, 3.8) is 0 Å². The zero-order chi connectivity index (χ0) is 19.3. The van der Waals surface area contributed by atoms with E-state index in [1.165, 1.54) is 0 Å². The Bertz CT molecular complexity index is 950. The normalized spacial score (nSPS) is 13.9. The number of carbonyl (C=O) groups is 1. The van der Waals surface area contributed by atoms with E-state index < -0.39 is 0 Å². The fourth-order valence-corrected chi connectivity index (χ4v) is 3.29. The number of hydrogen-bond donors (Lipinski definition) is 3. The zero-order valence-corrected chi connectivity index (χ0v) is 15.6. The average Bonchev–Trinajstić information content (AvgIpc) is 2.76. The SMILES string of the molecule is Nc1ccc(-c2ccccc2)cc1NC(=O)c1ccc(N2CCNCC2)cn1. The van der Waals surface area contributed by atoms with Gasteiger partial charge in [0.25, 0.3) is 5.91 Å². The van der Waals surface area contributed by atoms with Crippen molar-refractivity contribution in [3.05, 3.63) is 72.6 Å². The first-order valence-electron chi connectivity index (χ1n) is 9.39. The van der Waals surface area contributed by atoms with Crippen molar-refractivity contribution in [1.82, 2.24) is 10.3 Å². The lowest BCUT2D eigenvalue weighted by Crippen LogP contribution is -2.43. The summed E-state index contributed by atoms with van der Waals surface area (Å²) in [6, 6.07) is 19.3. The number of nitrogens with zero attached hydrogens (tertiary/aromatic N) is 2. The Balaban J connectivity index is 1.50. The predicted molar refractivity (Wildman–Crippen MR) is 114 cm³/mol. The second-order valence-electron chi connectivity index (χ2n) is 6.76. The molecule has 1 aliphatic rings. The highest BCUT2D eigenvalue weighted by molar-refractivity contribution is 6.05. The van der Waals surface area contributed by atoms with Gasteiger partial charge in [0.15, 0.2) is 0 Å². The molecular weight excluding hydrogens is 350 g/mol. The van der Waals surface area contributed by atoms with E-state index in [9.17, 15) is 4.79 Å². The lowest BCUT2D eigenvalue weighted by molar-refractivity contribution is 0.102. The van der Waals surface area contributed by atoms with E-state index in [0.717, 1.165) is 43.0 Å². The first kappa shape index (κ1) is 18.0. The fraction of sp³-hybridized carbons (Fsp3) is 0.182. The van der Waals surface area contributed by atoms with E-state index in [2.05, 4.69) is 20.5 Å². The van der Waals surface area contributed by atoms with Crippen LogP contribution in [-0.2, 0) is 0 Å². The van der Waals surface area contributed by atoms with Crippen LogP contribution in [0.25, 0.3) is 11.1 Å². The third-order valence-electron chi connectivity index (χ3n) is 4.87. The molecule has 28 heavy (non-hydrogen) atoms. The summed E-state index contributed by atoms with van der Waals surface area (Å²) in [4.78, 5) is 19.3. The molecule has 4 rings (SSSR count). The molecule has 1 fully saturated rings. The molecule has 1 aromatic heterocycles.